The first-order valence-corrected chi connectivity index (χ1v) is 11.2. The van der Waals surface area contributed by atoms with E-state index in [0.29, 0.717) is 11.3 Å². The van der Waals surface area contributed by atoms with Crippen LogP contribution in [0.4, 0.5) is 17.1 Å². The molecule has 4 rings (SSSR count). The second-order valence-corrected chi connectivity index (χ2v) is 8.16. The summed E-state index contributed by atoms with van der Waals surface area (Å²) in [7, 11) is 1.92. The molecule has 4 aromatic carbocycles. The normalized spacial score (nSPS) is 10.4. The van der Waals surface area contributed by atoms with Gasteiger partial charge < -0.3 is 15.3 Å². The number of benzene rings is 4. The van der Waals surface area contributed by atoms with E-state index in [9.17, 15) is 19.5 Å². The van der Waals surface area contributed by atoms with Crippen molar-refractivity contribution in [1.29, 1.82) is 0 Å². The van der Waals surface area contributed by atoms with Gasteiger partial charge in [-0.05, 0) is 72.3 Å². The quantitative estimate of drug-likeness (QED) is 0.292. The molecule has 4 aromatic rings. The van der Waals surface area contributed by atoms with Crippen molar-refractivity contribution in [3.63, 3.8) is 0 Å². The summed E-state index contributed by atoms with van der Waals surface area (Å²) in [5.74, 6) is -2.10. The van der Waals surface area contributed by atoms with Gasteiger partial charge in [-0.1, -0.05) is 43.0 Å². The molecule has 0 fully saturated rings. The van der Waals surface area contributed by atoms with Crippen LogP contribution in [0.1, 0.15) is 42.2 Å². The Bertz CT molecular complexity index is 1430. The number of amides is 1. The molecule has 36 heavy (non-hydrogen) atoms. The highest BCUT2D eigenvalue weighted by Gasteiger charge is 2.18. The standard InChI is InChI=1S/C30H24N2O4/c1-3-20-9-13-26(14-10-20)32(2)27-15-11-21(12-16-27)28(33)22-17-23(19-24(18-22)30(35)36)29(34)31-25-7-5-4-6-8-25/h3-19H,1H2,2H3,(H,31,34)(H,35,36). The van der Waals surface area contributed by atoms with E-state index in [2.05, 4.69) is 11.9 Å². The minimum atomic E-state index is -1.22. The lowest BCUT2D eigenvalue weighted by Crippen LogP contribution is -2.15. The van der Waals surface area contributed by atoms with Crippen LogP contribution in [-0.4, -0.2) is 29.8 Å². The molecule has 0 aliphatic rings. The summed E-state index contributed by atoms with van der Waals surface area (Å²) in [5.41, 5.74) is 3.88. The number of rotatable bonds is 8. The number of hydrogen-bond acceptors (Lipinski definition) is 4. The smallest absolute Gasteiger partial charge is 0.335 e. The third-order valence-corrected chi connectivity index (χ3v) is 5.77. The van der Waals surface area contributed by atoms with Gasteiger partial charge in [-0.25, -0.2) is 4.79 Å². The first kappa shape index (κ1) is 24.2. The van der Waals surface area contributed by atoms with Gasteiger partial charge in [-0.3, -0.25) is 9.59 Å². The molecule has 6 nitrogen and oxygen atoms in total. The van der Waals surface area contributed by atoms with E-state index in [1.54, 1.807) is 42.5 Å². The summed E-state index contributed by atoms with van der Waals surface area (Å²) in [5, 5.41) is 12.3. The van der Waals surface area contributed by atoms with Gasteiger partial charge in [-0.2, -0.15) is 0 Å². The van der Waals surface area contributed by atoms with E-state index in [4.69, 9.17) is 0 Å². The van der Waals surface area contributed by atoms with Gasteiger partial charge in [0.15, 0.2) is 5.78 Å². The van der Waals surface area contributed by atoms with Gasteiger partial charge in [0.2, 0.25) is 0 Å². The van der Waals surface area contributed by atoms with Crippen molar-refractivity contribution in [2.45, 2.75) is 0 Å². The second kappa shape index (κ2) is 10.5. The number of aromatic carboxylic acids is 1. The average molecular weight is 477 g/mol. The van der Waals surface area contributed by atoms with Crippen LogP contribution in [0.25, 0.3) is 6.08 Å². The Labute approximate surface area is 209 Å². The summed E-state index contributed by atoms with van der Waals surface area (Å²) >= 11 is 0. The number of carboxylic acids is 1. The monoisotopic (exact) mass is 476 g/mol. The number of carbonyl (C=O) groups is 3. The van der Waals surface area contributed by atoms with E-state index in [0.717, 1.165) is 16.9 Å². The van der Waals surface area contributed by atoms with Crippen LogP contribution in [0, 0.1) is 0 Å². The topological polar surface area (TPSA) is 86.7 Å². The zero-order valence-electron chi connectivity index (χ0n) is 19.6. The van der Waals surface area contributed by atoms with Gasteiger partial charge in [0.25, 0.3) is 5.91 Å². The van der Waals surface area contributed by atoms with E-state index < -0.39 is 11.9 Å². The van der Waals surface area contributed by atoms with E-state index in [-0.39, 0.29) is 22.5 Å². The Balaban J connectivity index is 1.59. The Hall–Kier alpha value is -4.97. The molecule has 0 bridgehead atoms. The van der Waals surface area contributed by atoms with Crippen LogP contribution in [0.15, 0.2) is 104 Å². The highest BCUT2D eigenvalue weighted by molar-refractivity contribution is 6.13. The largest absolute Gasteiger partial charge is 0.478 e. The Morgan fingerprint density at radius 2 is 1.31 bits per heavy atom. The van der Waals surface area contributed by atoms with Gasteiger partial charge >= 0.3 is 5.97 Å². The van der Waals surface area contributed by atoms with Gasteiger partial charge in [0.1, 0.15) is 0 Å². The molecule has 2 N–H and O–H groups in total. The van der Waals surface area contributed by atoms with Crippen LogP contribution in [0.5, 0.6) is 0 Å². The average Bonchev–Trinajstić information content (AvgIpc) is 2.92. The van der Waals surface area contributed by atoms with Crippen LogP contribution in [0.2, 0.25) is 0 Å². The molecule has 0 atom stereocenters. The molecule has 0 heterocycles. The molecule has 0 radical (unpaired) electrons. The molecular weight excluding hydrogens is 452 g/mol. The van der Waals surface area contributed by atoms with Crippen molar-refractivity contribution in [2.75, 3.05) is 17.3 Å². The van der Waals surface area contributed by atoms with Crippen LogP contribution < -0.4 is 10.2 Å². The molecule has 0 aromatic heterocycles. The lowest BCUT2D eigenvalue weighted by atomic mass is 9.98. The van der Waals surface area contributed by atoms with Crippen molar-refractivity contribution in [1.82, 2.24) is 0 Å². The number of nitrogens with one attached hydrogen (secondary N) is 1. The predicted molar refractivity (Wildman–Crippen MR) is 142 cm³/mol. The number of para-hydroxylation sites is 1. The summed E-state index contributed by atoms with van der Waals surface area (Å²) < 4.78 is 0. The summed E-state index contributed by atoms with van der Waals surface area (Å²) in [6, 6.07) is 27.7. The summed E-state index contributed by atoms with van der Waals surface area (Å²) in [4.78, 5) is 39.7. The number of nitrogens with zero attached hydrogens (tertiary/aromatic N) is 1. The maximum Gasteiger partial charge on any atom is 0.335 e. The SMILES string of the molecule is C=Cc1ccc(N(C)c2ccc(C(=O)c3cc(C(=O)O)cc(C(=O)Nc4ccccc4)c3)cc2)cc1. The molecule has 0 unspecified atom stereocenters. The molecule has 0 aliphatic carbocycles. The third-order valence-electron chi connectivity index (χ3n) is 5.77. The van der Waals surface area contributed by atoms with Crippen LogP contribution in [-0.2, 0) is 0 Å². The highest BCUT2D eigenvalue weighted by atomic mass is 16.4. The number of hydrogen-bond donors (Lipinski definition) is 2. The maximum atomic E-state index is 13.2. The lowest BCUT2D eigenvalue weighted by molar-refractivity contribution is 0.0697. The molecular formula is C30H24N2O4. The fourth-order valence-corrected chi connectivity index (χ4v) is 3.72. The molecule has 178 valence electrons. The van der Waals surface area contributed by atoms with Crippen molar-refractivity contribution in [3.05, 3.63) is 131 Å². The molecule has 6 heteroatoms. The number of ketones is 1. The summed E-state index contributed by atoms with van der Waals surface area (Å²) in [6.07, 6.45) is 1.78. The van der Waals surface area contributed by atoms with E-state index in [1.165, 1.54) is 18.2 Å². The zero-order valence-corrected chi connectivity index (χ0v) is 19.6. The number of carboxylic acid groups (broad SMARTS) is 1. The minimum absolute atomic E-state index is 0.0847. The Morgan fingerprint density at radius 3 is 1.89 bits per heavy atom. The van der Waals surface area contributed by atoms with Gasteiger partial charge in [0.05, 0.1) is 5.56 Å². The van der Waals surface area contributed by atoms with Gasteiger partial charge in [0, 0.05) is 40.8 Å². The first-order valence-electron chi connectivity index (χ1n) is 11.2. The lowest BCUT2D eigenvalue weighted by Gasteiger charge is -2.20. The Kier molecular flexibility index (Phi) is 7.07. The molecule has 0 saturated carbocycles. The van der Waals surface area contributed by atoms with Crippen LogP contribution >= 0.6 is 0 Å². The number of anilines is 3. The highest BCUT2D eigenvalue weighted by Crippen LogP contribution is 2.25. The molecule has 0 saturated heterocycles. The van der Waals surface area contributed by atoms with E-state index >= 15 is 0 Å². The predicted octanol–water partition coefficient (Wildman–Crippen LogP) is 6.28. The third kappa shape index (κ3) is 5.39. The second-order valence-electron chi connectivity index (χ2n) is 8.16. The minimum Gasteiger partial charge on any atom is -0.478 e. The van der Waals surface area contributed by atoms with Crippen LogP contribution in [0.3, 0.4) is 0 Å². The summed E-state index contributed by atoms with van der Waals surface area (Å²) in [6.45, 7) is 3.76. The molecule has 0 aliphatic heterocycles. The first-order chi connectivity index (χ1) is 17.4. The number of carbonyl (C=O) groups excluding carboxylic acids is 2. The maximum absolute atomic E-state index is 13.2. The molecule has 1 amide bonds. The fourth-order valence-electron chi connectivity index (χ4n) is 3.72. The van der Waals surface area contributed by atoms with Crippen molar-refractivity contribution in [3.8, 4) is 0 Å². The van der Waals surface area contributed by atoms with Crippen molar-refractivity contribution < 1.29 is 19.5 Å². The van der Waals surface area contributed by atoms with Gasteiger partial charge in [-0.15, -0.1) is 0 Å². The fraction of sp³-hybridized carbons (Fsp3) is 0.0333. The molecule has 0 spiro atoms. The Morgan fingerprint density at radius 1 is 0.750 bits per heavy atom. The zero-order chi connectivity index (χ0) is 25.7. The van der Waals surface area contributed by atoms with E-state index in [1.807, 2.05) is 54.4 Å². The van der Waals surface area contributed by atoms with Crippen molar-refractivity contribution >= 4 is 40.8 Å². The van der Waals surface area contributed by atoms with Crippen molar-refractivity contribution in [2.24, 2.45) is 0 Å².